The van der Waals surface area contributed by atoms with E-state index in [0.29, 0.717) is 57.0 Å². The van der Waals surface area contributed by atoms with Gasteiger partial charge < -0.3 is 19.4 Å². The summed E-state index contributed by atoms with van der Waals surface area (Å²) in [5.74, 6) is -0.275. The molecule has 1 amide bonds. The summed E-state index contributed by atoms with van der Waals surface area (Å²) in [4.78, 5) is 41.9. The van der Waals surface area contributed by atoms with Gasteiger partial charge in [0.25, 0.3) is 0 Å². The third kappa shape index (κ3) is 6.16. The van der Waals surface area contributed by atoms with Gasteiger partial charge in [-0.3, -0.25) is 9.59 Å². The van der Waals surface area contributed by atoms with E-state index >= 15 is 0 Å². The zero-order valence-electron chi connectivity index (χ0n) is 24.5. The summed E-state index contributed by atoms with van der Waals surface area (Å²) in [5, 5.41) is 9.47. The molecular formula is C32H39FN6O3. The van der Waals surface area contributed by atoms with Crippen molar-refractivity contribution in [3.63, 3.8) is 0 Å². The molecule has 0 bridgehead atoms. The summed E-state index contributed by atoms with van der Waals surface area (Å²) in [7, 11) is 2.07. The largest absolute Gasteiger partial charge is 0.462 e. The highest BCUT2D eigenvalue weighted by Gasteiger charge is 2.37. The third-order valence-electron chi connectivity index (χ3n) is 8.97. The molecule has 1 aromatic heterocycles. The summed E-state index contributed by atoms with van der Waals surface area (Å²) in [6, 6.07) is 7.10. The number of likely N-dealkylation sites (tertiary alicyclic amines) is 1. The first kappa shape index (κ1) is 29.6. The number of anilines is 1. The van der Waals surface area contributed by atoms with E-state index in [0.717, 1.165) is 42.5 Å². The minimum atomic E-state index is -0.330. The average Bonchev–Trinajstić information content (AvgIpc) is 3.41. The topological polar surface area (TPSA) is 103 Å². The Hall–Kier alpha value is -3.84. The number of hydrogen-bond acceptors (Lipinski definition) is 8. The van der Waals surface area contributed by atoms with E-state index in [1.54, 1.807) is 17.0 Å². The molecule has 3 heterocycles. The Balaban J connectivity index is 1.46. The van der Waals surface area contributed by atoms with Crippen molar-refractivity contribution in [1.29, 1.82) is 5.26 Å². The number of halogens is 1. The maximum Gasteiger partial charge on any atom is 0.319 e. The second-order valence-corrected chi connectivity index (χ2v) is 11.5. The lowest BCUT2D eigenvalue weighted by Gasteiger charge is -2.41. The molecular weight excluding hydrogens is 535 g/mol. The second kappa shape index (κ2) is 13.0. The van der Waals surface area contributed by atoms with E-state index in [4.69, 9.17) is 9.72 Å². The zero-order valence-corrected chi connectivity index (χ0v) is 24.5. The number of aryl methyl sites for hydroxylation is 1. The lowest BCUT2D eigenvalue weighted by Crippen LogP contribution is -2.55. The number of piperazine rings is 1. The highest BCUT2D eigenvalue weighted by molar-refractivity contribution is 5.99. The Morgan fingerprint density at radius 1 is 1.21 bits per heavy atom. The molecule has 1 aromatic carbocycles. The molecule has 42 heavy (non-hydrogen) atoms. The number of carbonyl (C=O) groups is 2. The van der Waals surface area contributed by atoms with E-state index in [1.165, 1.54) is 12.1 Å². The van der Waals surface area contributed by atoms with Crippen LogP contribution in [0.15, 0.2) is 30.9 Å². The summed E-state index contributed by atoms with van der Waals surface area (Å²) in [6.45, 7) is 8.39. The van der Waals surface area contributed by atoms with Crippen molar-refractivity contribution in [2.45, 2.75) is 64.0 Å². The van der Waals surface area contributed by atoms with Crippen LogP contribution in [0.2, 0.25) is 0 Å². The van der Waals surface area contributed by atoms with Gasteiger partial charge in [-0.1, -0.05) is 19.6 Å². The molecule has 2 aromatic rings. The molecule has 2 fully saturated rings. The number of hydrogen-bond donors (Lipinski definition) is 0. The molecule has 3 aliphatic rings. The lowest BCUT2D eigenvalue weighted by atomic mass is 9.81. The smallest absolute Gasteiger partial charge is 0.319 e. The van der Waals surface area contributed by atoms with Gasteiger partial charge in [0.1, 0.15) is 23.9 Å². The van der Waals surface area contributed by atoms with Gasteiger partial charge >= 0.3 is 6.01 Å². The van der Waals surface area contributed by atoms with Crippen molar-refractivity contribution in [3.05, 3.63) is 59.1 Å². The van der Waals surface area contributed by atoms with Crippen LogP contribution in [0.25, 0.3) is 0 Å². The van der Waals surface area contributed by atoms with Crippen LogP contribution in [0.5, 0.6) is 6.01 Å². The number of nitrogens with zero attached hydrogens (tertiary/aromatic N) is 6. The van der Waals surface area contributed by atoms with Crippen molar-refractivity contribution >= 4 is 17.5 Å². The quantitative estimate of drug-likeness (QED) is 0.418. The number of benzene rings is 1. The van der Waals surface area contributed by atoms with E-state index in [1.807, 2.05) is 6.92 Å². The van der Waals surface area contributed by atoms with Crippen molar-refractivity contribution in [1.82, 2.24) is 19.8 Å². The Morgan fingerprint density at radius 3 is 2.76 bits per heavy atom. The first-order chi connectivity index (χ1) is 20.3. The average molecular weight is 575 g/mol. The van der Waals surface area contributed by atoms with Crippen molar-refractivity contribution < 1.29 is 18.7 Å². The number of amides is 1. The molecule has 10 heteroatoms. The fourth-order valence-electron chi connectivity index (χ4n) is 6.54. The number of ether oxygens (including phenoxy) is 1. The highest BCUT2D eigenvalue weighted by atomic mass is 19.1. The van der Waals surface area contributed by atoms with Crippen LogP contribution in [-0.4, -0.2) is 83.4 Å². The van der Waals surface area contributed by atoms with Gasteiger partial charge in [0.05, 0.1) is 18.5 Å². The Morgan fingerprint density at radius 2 is 2.05 bits per heavy atom. The first-order valence-corrected chi connectivity index (χ1v) is 14.9. The number of aromatic nitrogens is 2. The molecule has 1 aliphatic carbocycles. The van der Waals surface area contributed by atoms with Gasteiger partial charge in [-0.05, 0) is 81.5 Å². The van der Waals surface area contributed by atoms with Crippen molar-refractivity contribution in [2.24, 2.45) is 5.92 Å². The number of fused-ring (bicyclic) bond motifs is 1. The van der Waals surface area contributed by atoms with Crippen molar-refractivity contribution in [3.8, 4) is 12.1 Å². The van der Waals surface area contributed by atoms with Crippen LogP contribution in [0.1, 0.15) is 59.8 Å². The van der Waals surface area contributed by atoms with Gasteiger partial charge in [0.15, 0.2) is 5.78 Å². The molecule has 2 unspecified atom stereocenters. The molecule has 9 nitrogen and oxygen atoms in total. The molecule has 0 radical (unpaired) electrons. The monoisotopic (exact) mass is 574 g/mol. The molecule has 2 aliphatic heterocycles. The van der Waals surface area contributed by atoms with E-state index in [2.05, 4.69) is 34.5 Å². The molecule has 5 rings (SSSR count). The summed E-state index contributed by atoms with van der Waals surface area (Å²) >= 11 is 0. The van der Waals surface area contributed by atoms with Crippen molar-refractivity contribution in [2.75, 3.05) is 44.7 Å². The van der Waals surface area contributed by atoms with Gasteiger partial charge in [0.2, 0.25) is 5.91 Å². The lowest BCUT2D eigenvalue weighted by molar-refractivity contribution is -0.128. The molecule has 2 saturated heterocycles. The number of nitriles is 1. The minimum Gasteiger partial charge on any atom is -0.462 e. The number of rotatable bonds is 9. The Labute approximate surface area is 247 Å². The number of likely N-dealkylation sites (N-methyl/N-ethyl adjacent to an activating group) is 1. The fourth-order valence-corrected chi connectivity index (χ4v) is 6.54. The number of Topliss-reactive ketones (excluding diaryl/α,β-unsaturated/α-hetero) is 1. The summed E-state index contributed by atoms with van der Waals surface area (Å²) < 4.78 is 20.3. The van der Waals surface area contributed by atoms with E-state index in [9.17, 15) is 19.2 Å². The van der Waals surface area contributed by atoms with E-state index < -0.39 is 0 Å². The van der Waals surface area contributed by atoms with Gasteiger partial charge in [-0.25, -0.2) is 4.39 Å². The van der Waals surface area contributed by atoms with Crippen LogP contribution in [0.4, 0.5) is 10.2 Å². The maximum absolute atomic E-state index is 14.1. The van der Waals surface area contributed by atoms with Crippen LogP contribution < -0.4 is 9.64 Å². The number of carbonyl (C=O) groups excluding carboxylic acids is 2. The summed E-state index contributed by atoms with van der Waals surface area (Å²) in [5.41, 5.74) is 3.04. The highest BCUT2D eigenvalue weighted by Crippen LogP contribution is 2.35. The second-order valence-electron chi connectivity index (χ2n) is 11.5. The Kier molecular flexibility index (Phi) is 9.17. The minimum absolute atomic E-state index is 0.0805. The third-order valence-corrected chi connectivity index (χ3v) is 8.97. The normalized spacial score (nSPS) is 22.5. The van der Waals surface area contributed by atoms with Crippen LogP contribution in [0.3, 0.4) is 0 Å². The van der Waals surface area contributed by atoms with Crippen LogP contribution in [0, 0.1) is 23.1 Å². The predicted octanol–water partition coefficient (Wildman–Crippen LogP) is 3.76. The van der Waals surface area contributed by atoms with Gasteiger partial charge in [-0.15, -0.1) is 0 Å². The molecule has 3 atom stereocenters. The molecule has 0 spiro atoms. The van der Waals surface area contributed by atoms with Gasteiger partial charge in [0, 0.05) is 37.2 Å². The Bertz CT molecular complexity index is 1390. The molecule has 0 saturated carbocycles. The van der Waals surface area contributed by atoms with E-state index in [-0.39, 0.29) is 47.9 Å². The predicted molar refractivity (Wildman–Crippen MR) is 157 cm³/mol. The zero-order chi connectivity index (χ0) is 29.8. The van der Waals surface area contributed by atoms with Gasteiger partial charge in [-0.2, -0.15) is 15.2 Å². The fraction of sp³-hybridized carbons (Fsp3) is 0.531. The molecule has 222 valence electrons. The SMILES string of the molecule is C=CC(=O)N1CCN(c2nc(OCC3CCCN3C)nc3c2CC[C@@H](Cc2cc(F)ccc2CC)C3=O)CC1CC#N. The summed E-state index contributed by atoms with van der Waals surface area (Å²) in [6.07, 6.45) is 6.00. The maximum atomic E-state index is 14.1. The molecule has 0 N–H and O–H groups in total. The standard InChI is InChI=1S/C32H39FN6O3/c1-4-21-8-10-24(33)18-23(21)17-22-9-11-27-29(30(22)41)35-32(42-20-26-7-6-14-37(26)3)36-31(27)38-15-16-39(28(40)5-2)25(19-38)12-13-34/h5,8,10,18,22,25-26H,2,4,6-7,9,11-12,14-17,19-20H2,1,3H3/t22-,25?,26?/m0/s1. The van der Waals surface area contributed by atoms with Crippen LogP contribution >= 0.6 is 0 Å². The first-order valence-electron chi connectivity index (χ1n) is 14.9. The number of ketones is 1. The van der Waals surface area contributed by atoms with Crippen LogP contribution in [-0.2, 0) is 24.1 Å².